The molecular weight excluding hydrogens is 249 g/mol. The Kier molecular flexibility index (Phi) is 2.92. The maximum atomic E-state index is 5.65. The summed E-state index contributed by atoms with van der Waals surface area (Å²) in [5.41, 5.74) is 6.68. The van der Waals surface area contributed by atoms with E-state index < -0.39 is 0 Å². The molecule has 0 fully saturated rings. The van der Waals surface area contributed by atoms with Crippen LogP contribution in [0.25, 0.3) is 0 Å². The minimum atomic E-state index is -0.275. The molecular formula is C9H8IN. The van der Waals surface area contributed by atoms with Crippen molar-refractivity contribution in [3.63, 3.8) is 0 Å². The first-order valence-electron chi connectivity index (χ1n) is 3.22. The van der Waals surface area contributed by atoms with Gasteiger partial charge in [-0.3, -0.25) is 0 Å². The first-order chi connectivity index (χ1) is 5.25. The molecule has 56 valence electrons. The lowest BCUT2D eigenvalue weighted by atomic mass is 10.1. The maximum Gasteiger partial charge on any atom is 0.0928 e. The zero-order valence-corrected chi connectivity index (χ0v) is 8.08. The summed E-state index contributed by atoms with van der Waals surface area (Å²) in [5.74, 6) is 2.50. The number of halogens is 1. The molecule has 0 aliphatic heterocycles. The Bertz CT molecular complexity index is 288. The van der Waals surface area contributed by atoms with Crippen molar-refractivity contribution in [1.29, 1.82) is 0 Å². The van der Waals surface area contributed by atoms with Gasteiger partial charge in [0.1, 0.15) is 0 Å². The Labute approximate surface area is 80.1 Å². The van der Waals surface area contributed by atoms with Crippen LogP contribution in [0.3, 0.4) is 0 Å². The van der Waals surface area contributed by atoms with Gasteiger partial charge in [-0.15, -0.1) is 6.42 Å². The maximum absolute atomic E-state index is 5.65. The highest BCUT2D eigenvalue weighted by Crippen LogP contribution is 2.16. The molecule has 1 unspecified atom stereocenters. The predicted molar refractivity (Wildman–Crippen MR) is 54.9 cm³/mol. The van der Waals surface area contributed by atoms with Gasteiger partial charge in [0.25, 0.3) is 0 Å². The highest BCUT2D eigenvalue weighted by Gasteiger charge is 2.03. The predicted octanol–water partition coefficient (Wildman–Crippen LogP) is 1.92. The standard InChI is InChI=1S/C9H8IN/c1-2-9(11)7-5-3-4-6-8(7)10/h1,3-6,9H,11H2. The Balaban J connectivity index is 3.05. The van der Waals surface area contributed by atoms with Crippen LogP contribution < -0.4 is 5.73 Å². The van der Waals surface area contributed by atoms with Crippen molar-refractivity contribution in [2.24, 2.45) is 5.73 Å². The molecule has 0 radical (unpaired) electrons. The average Bonchev–Trinajstić information content (AvgIpc) is 2.04. The first-order valence-corrected chi connectivity index (χ1v) is 4.29. The molecule has 2 N–H and O–H groups in total. The smallest absolute Gasteiger partial charge is 0.0928 e. The Morgan fingerprint density at radius 3 is 2.64 bits per heavy atom. The van der Waals surface area contributed by atoms with Crippen molar-refractivity contribution in [3.05, 3.63) is 33.4 Å². The van der Waals surface area contributed by atoms with E-state index in [1.807, 2.05) is 24.3 Å². The van der Waals surface area contributed by atoms with Crippen molar-refractivity contribution in [2.75, 3.05) is 0 Å². The number of terminal acetylenes is 1. The fourth-order valence-corrected chi connectivity index (χ4v) is 1.54. The molecule has 2 heteroatoms. The van der Waals surface area contributed by atoms with Gasteiger partial charge in [-0.1, -0.05) is 24.1 Å². The molecule has 1 aromatic carbocycles. The molecule has 0 aliphatic rings. The number of rotatable bonds is 1. The first kappa shape index (κ1) is 8.57. The van der Waals surface area contributed by atoms with Crippen LogP contribution in [-0.2, 0) is 0 Å². The third-order valence-electron chi connectivity index (χ3n) is 1.42. The van der Waals surface area contributed by atoms with Gasteiger partial charge in [0.05, 0.1) is 6.04 Å². The summed E-state index contributed by atoms with van der Waals surface area (Å²) < 4.78 is 1.12. The fourth-order valence-electron chi connectivity index (χ4n) is 0.817. The van der Waals surface area contributed by atoms with Crippen LogP contribution in [0.15, 0.2) is 24.3 Å². The normalized spacial score (nSPS) is 12.1. The monoisotopic (exact) mass is 257 g/mol. The summed E-state index contributed by atoms with van der Waals surface area (Å²) in [4.78, 5) is 0. The molecule has 1 atom stereocenters. The lowest BCUT2D eigenvalue weighted by Gasteiger charge is -2.05. The highest BCUT2D eigenvalue weighted by atomic mass is 127. The number of nitrogens with two attached hydrogens (primary N) is 1. The highest BCUT2D eigenvalue weighted by molar-refractivity contribution is 14.1. The number of hydrogen-bond acceptors (Lipinski definition) is 1. The molecule has 0 heterocycles. The zero-order valence-electron chi connectivity index (χ0n) is 5.92. The molecule has 0 aliphatic carbocycles. The molecule has 0 aromatic heterocycles. The van der Waals surface area contributed by atoms with Gasteiger partial charge in [0.2, 0.25) is 0 Å². The van der Waals surface area contributed by atoms with Crippen LogP contribution in [0, 0.1) is 15.9 Å². The van der Waals surface area contributed by atoms with Gasteiger partial charge >= 0.3 is 0 Å². The van der Waals surface area contributed by atoms with E-state index in [1.165, 1.54) is 0 Å². The Hall–Kier alpha value is -0.530. The van der Waals surface area contributed by atoms with Crippen LogP contribution in [0.4, 0.5) is 0 Å². The van der Waals surface area contributed by atoms with Gasteiger partial charge in [-0.25, -0.2) is 0 Å². The summed E-state index contributed by atoms with van der Waals surface area (Å²) in [6.45, 7) is 0. The molecule has 11 heavy (non-hydrogen) atoms. The largest absolute Gasteiger partial charge is 0.314 e. The lowest BCUT2D eigenvalue weighted by Crippen LogP contribution is -2.08. The molecule has 1 nitrogen and oxygen atoms in total. The number of benzene rings is 1. The van der Waals surface area contributed by atoms with Crippen molar-refractivity contribution in [1.82, 2.24) is 0 Å². The summed E-state index contributed by atoms with van der Waals surface area (Å²) in [6.07, 6.45) is 5.19. The molecule has 1 rings (SSSR count). The summed E-state index contributed by atoms with van der Waals surface area (Å²) in [6, 6.07) is 7.57. The van der Waals surface area contributed by atoms with Gasteiger partial charge in [0.15, 0.2) is 0 Å². The molecule has 0 amide bonds. The van der Waals surface area contributed by atoms with Crippen molar-refractivity contribution in [2.45, 2.75) is 6.04 Å². The second kappa shape index (κ2) is 3.74. The average molecular weight is 257 g/mol. The summed E-state index contributed by atoms with van der Waals surface area (Å²) in [7, 11) is 0. The van der Waals surface area contributed by atoms with Crippen molar-refractivity contribution >= 4 is 22.6 Å². The molecule has 0 spiro atoms. The molecule has 0 bridgehead atoms. The van der Waals surface area contributed by atoms with E-state index in [1.54, 1.807) is 0 Å². The third kappa shape index (κ3) is 1.95. The Morgan fingerprint density at radius 1 is 1.45 bits per heavy atom. The van der Waals surface area contributed by atoms with Crippen LogP contribution >= 0.6 is 22.6 Å². The zero-order chi connectivity index (χ0) is 8.27. The van der Waals surface area contributed by atoms with E-state index in [9.17, 15) is 0 Å². The van der Waals surface area contributed by atoms with Crippen LogP contribution in [0.2, 0.25) is 0 Å². The summed E-state index contributed by atoms with van der Waals surface area (Å²) >= 11 is 2.22. The second-order valence-electron chi connectivity index (χ2n) is 2.17. The minimum Gasteiger partial charge on any atom is -0.314 e. The van der Waals surface area contributed by atoms with Crippen LogP contribution in [0.1, 0.15) is 11.6 Å². The van der Waals surface area contributed by atoms with Crippen molar-refractivity contribution < 1.29 is 0 Å². The quantitative estimate of drug-likeness (QED) is 0.603. The van der Waals surface area contributed by atoms with E-state index in [0.29, 0.717) is 0 Å². The summed E-state index contributed by atoms with van der Waals surface area (Å²) in [5, 5.41) is 0. The third-order valence-corrected chi connectivity index (χ3v) is 2.40. The minimum absolute atomic E-state index is 0.275. The van der Waals surface area contributed by atoms with Gasteiger partial charge in [-0.2, -0.15) is 0 Å². The SMILES string of the molecule is C#CC(N)c1ccccc1I. The van der Waals surface area contributed by atoms with Crippen LogP contribution in [-0.4, -0.2) is 0 Å². The molecule has 0 saturated heterocycles. The van der Waals surface area contributed by atoms with E-state index in [-0.39, 0.29) is 6.04 Å². The second-order valence-corrected chi connectivity index (χ2v) is 3.33. The van der Waals surface area contributed by atoms with Gasteiger partial charge in [-0.05, 0) is 34.2 Å². The van der Waals surface area contributed by atoms with E-state index in [4.69, 9.17) is 12.2 Å². The molecule has 1 aromatic rings. The molecule has 0 saturated carbocycles. The van der Waals surface area contributed by atoms with Gasteiger partial charge in [0, 0.05) is 3.57 Å². The van der Waals surface area contributed by atoms with Crippen LogP contribution in [0.5, 0.6) is 0 Å². The number of hydrogen-bond donors (Lipinski definition) is 1. The topological polar surface area (TPSA) is 26.0 Å². The Morgan fingerprint density at radius 2 is 2.09 bits per heavy atom. The van der Waals surface area contributed by atoms with E-state index in [0.717, 1.165) is 9.13 Å². The van der Waals surface area contributed by atoms with Gasteiger partial charge < -0.3 is 5.73 Å². The van der Waals surface area contributed by atoms with Crippen molar-refractivity contribution in [3.8, 4) is 12.3 Å². The van der Waals surface area contributed by atoms with E-state index in [2.05, 4.69) is 28.5 Å². The van der Waals surface area contributed by atoms with E-state index >= 15 is 0 Å². The lowest BCUT2D eigenvalue weighted by molar-refractivity contribution is 0.938. The fraction of sp³-hybridized carbons (Fsp3) is 0.111.